The van der Waals surface area contributed by atoms with E-state index in [1.807, 2.05) is 72.2 Å². The van der Waals surface area contributed by atoms with Crippen LogP contribution in [0.5, 0.6) is 11.5 Å². The van der Waals surface area contributed by atoms with E-state index in [4.69, 9.17) is 9.47 Å². The van der Waals surface area contributed by atoms with E-state index >= 15 is 0 Å². The zero-order chi connectivity index (χ0) is 22.6. The molecule has 3 heterocycles. The average Bonchev–Trinajstić information content (AvgIpc) is 3.50. The summed E-state index contributed by atoms with van der Waals surface area (Å²) in [4.78, 5) is 17.0. The van der Waals surface area contributed by atoms with Crippen molar-refractivity contribution in [3.8, 4) is 28.6 Å². The van der Waals surface area contributed by atoms with Crippen molar-refractivity contribution >= 4 is 17.7 Å². The number of nitrogens with zero attached hydrogens (tertiary/aromatic N) is 4. The zero-order valence-electron chi connectivity index (χ0n) is 17.8. The number of carbonyl (C=O) groups excluding carboxylic acids is 1. The first-order valence-electron chi connectivity index (χ1n) is 10.4. The summed E-state index contributed by atoms with van der Waals surface area (Å²) in [6.07, 6.45) is 3.47. The number of rotatable bonds is 7. The monoisotopic (exact) mass is 459 g/mol. The van der Waals surface area contributed by atoms with Gasteiger partial charge in [-0.3, -0.25) is 14.3 Å². The standard InChI is InChI=1S/C24H21N5O3S/c1-16(23(30)26-13-17-9-10-20-21(12-17)32-15-31-20)33-24-28-27-22(18-6-5-11-25-14-18)29(24)19-7-3-2-4-8-19/h2-12,14,16H,13,15H2,1H3,(H,26,30)/t16-/m0/s1. The van der Waals surface area contributed by atoms with Gasteiger partial charge in [0.25, 0.3) is 0 Å². The van der Waals surface area contributed by atoms with E-state index in [1.165, 1.54) is 11.8 Å². The van der Waals surface area contributed by atoms with Crippen LogP contribution in [-0.4, -0.2) is 37.7 Å². The highest BCUT2D eigenvalue weighted by atomic mass is 32.2. The number of para-hydroxylation sites is 1. The molecule has 1 N–H and O–H groups in total. The Morgan fingerprint density at radius 1 is 1.09 bits per heavy atom. The fraction of sp³-hybridized carbons (Fsp3) is 0.167. The van der Waals surface area contributed by atoms with Crippen LogP contribution >= 0.6 is 11.8 Å². The molecule has 0 aliphatic carbocycles. The summed E-state index contributed by atoms with van der Waals surface area (Å²) in [6.45, 7) is 2.47. The highest BCUT2D eigenvalue weighted by Crippen LogP contribution is 2.33. The predicted molar refractivity (Wildman–Crippen MR) is 124 cm³/mol. The molecule has 8 nitrogen and oxygen atoms in total. The molecule has 1 aliphatic heterocycles. The summed E-state index contributed by atoms with van der Waals surface area (Å²) in [7, 11) is 0. The molecule has 1 aliphatic rings. The molecule has 0 unspecified atom stereocenters. The number of pyridine rings is 1. The molecule has 2 aromatic carbocycles. The molecule has 166 valence electrons. The van der Waals surface area contributed by atoms with Crippen molar-refractivity contribution in [1.29, 1.82) is 0 Å². The molecule has 4 aromatic rings. The number of hydrogen-bond donors (Lipinski definition) is 1. The van der Waals surface area contributed by atoms with E-state index in [0.717, 1.165) is 22.6 Å². The molecular formula is C24H21N5O3S. The number of carbonyl (C=O) groups is 1. The third kappa shape index (κ3) is 4.54. The van der Waals surface area contributed by atoms with Crippen molar-refractivity contribution in [2.24, 2.45) is 0 Å². The van der Waals surface area contributed by atoms with Gasteiger partial charge in [-0.25, -0.2) is 0 Å². The summed E-state index contributed by atoms with van der Waals surface area (Å²) in [5.74, 6) is 2.00. The maximum absolute atomic E-state index is 12.8. The highest BCUT2D eigenvalue weighted by Gasteiger charge is 2.22. The molecule has 0 saturated heterocycles. The third-order valence-corrected chi connectivity index (χ3v) is 6.17. The Labute approximate surface area is 195 Å². The van der Waals surface area contributed by atoms with E-state index in [1.54, 1.807) is 12.4 Å². The van der Waals surface area contributed by atoms with Crippen molar-refractivity contribution in [3.63, 3.8) is 0 Å². The summed E-state index contributed by atoms with van der Waals surface area (Å²) in [5.41, 5.74) is 2.70. The Morgan fingerprint density at radius 2 is 1.94 bits per heavy atom. The molecule has 33 heavy (non-hydrogen) atoms. The van der Waals surface area contributed by atoms with Crippen LogP contribution in [0.15, 0.2) is 78.2 Å². The Hall–Kier alpha value is -3.85. The van der Waals surface area contributed by atoms with E-state index in [9.17, 15) is 4.79 Å². The van der Waals surface area contributed by atoms with E-state index in [0.29, 0.717) is 23.3 Å². The van der Waals surface area contributed by atoms with Crippen molar-refractivity contribution in [2.45, 2.75) is 23.9 Å². The molecule has 0 radical (unpaired) electrons. The SMILES string of the molecule is C[C@H](Sc1nnc(-c2cccnc2)n1-c1ccccc1)C(=O)NCc1ccc2c(c1)OCO2. The number of amides is 1. The van der Waals surface area contributed by atoms with Crippen molar-refractivity contribution < 1.29 is 14.3 Å². The molecule has 5 rings (SSSR count). The first-order chi connectivity index (χ1) is 16.2. The number of ether oxygens (including phenoxy) is 2. The van der Waals surface area contributed by atoms with Crippen molar-refractivity contribution in [2.75, 3.05) is 6.79 Å². The molecule has 1 amide bonds. The number of nitrogens with one attached hydrogen (secondary N) is 1. The number of aromatic nitrogens is 4. The topological polar surface area (TPSA) is 91.2 Å². The van der Waals surface area contributed by atoms with Gasteiger partial charge in [-0.05, 0) is 48.9 Å². The van der Waals surface area contributed by atoms with Crippen LogP contribution < -0.4 is 14.8 Å². The smallest absolute Gasteiger partial charge is 0.233 e. The molecular weight excluding hydrogens is 438 g/mol. The Balaban J connectivity index is 1.33. The number of benzene rings is 2. The van der Waals surface area contributed by atoms with Crippen molar-refractivity contribution in [3.05, 3.63) is 78.6 Å². The van der Waals surface area contributed by atoms with Gasteiger partial charge in [-0.1, -0.05) is 36.0 Å². The molecule has 1 atom stereocenters. The minimum atomic E-state index is -0.382. The highest BCUT2D eigenvalue weighted by molar-refractivity contribution is 8.00. The fourth-order valence-corrected chi connectivity index (χ4v) is 4.33. The van der Waals surface area contributed by atoms with Gasteiger partial charge >= 0.3 is 0 Å². The van der Waals surface area contributed by atoms with E-state index < -0.39 is 0 Å². The van der Waals surface area contributed by atoms with Gasteiger partial charge in [0.05, 0.1) is 5.25 Å². The summed E-state index contributed by atoms with van der Waals surface area (Å²) >= 11 is 1.36. The van der Waals surface area contributed by atoms with Gasteiger partial charge < -0.3 is 14.8 Å². The number of thioether (sulfide) groups is 1. The van der Waals surface area contributed by atoms with Gasteiger partial charge in [-0.2, -0.15) is 0 Å². The van der Waals surface area contributed by atoms with Crippen LogP contribution in [0.25, 0.3) is 17.1 Å². The fourth-order valence-electron chi connectivity index (χ4n) is 3.43. The lowest BCUT2D eigenvalue weighted by Gasteiger charge is -2.14. The molecule has 0 fully saturated rings. The average molecular weight is 460 g/mol. The lowest BCUT2D eigenvalue weighted by molar-refractivity contribution is -0.120. The van der Waals surface area contributed by atoms with Crippen LogP contribution in [0.2, 0.25) is 0 Å². The maximum Gasteiger partial charge on any atom is 0.233 e. The van der Waals surface area contributed by atoms with Gasteiger partial charge in [0.1, 0.15) is 0 Å². The van der Waals surface area contributed by atoms with Gasteiger partial charge in [-0.15, -0.1) is 10.2 Å². The quantitative estimate of drug-likeness (QED) is 0.420. The van der Waals surface area contributed by atoms with E-state index in [2.05, 4.69) is 20.5 Å². The summed E-state index contributed by atoms with van der Waals surface area (Å²) in [6, 6.07) is 19.3. The Bertz CT molecular complexity index is 1260. The minimum Gasteiger partial charge on any atom is -0.454 e. The Morgan fingerprint density at radius 3 is 2.76 bits per heavy atom. The van der Waals surface area contributed by atoms with Gasteiger partial charge in [0.15, 0.2) is 22.5 Å². The predicted octanol–water partition coefficient (Wildman–Crippen LogP) is 3.86. The number of fused-ring (bicyclic) bond motifs is 1. The largest absolute Gasteiger partial charge is 0.454 e. The maximum atomic E-state index is 12.8. The molecule has 0 spiro atoms. The third-order valence-electron chi connectivity index (χ3n) is 5.12. The zero-order valence-corrected chi connectivity index (χ0v) is 18.7. The second-order valence-electron chi connectivity index (χ2n) is 7.38. The molecule has 0 bridgehead atoms. The molecule has 2 aromatic heterocycles. The first kappa shape index (κ1) is 21.0. The van der Waals surface area contributed by atoms with Crippen LogP contribution in [0, 0.1) is 0 Å². The van der Waals surface area contributed by atoms with Gasteiger partial charge in [0.2, 0.25) is 12.7 Å². The summed E-state index contributed by atoms with van der Waals surface area (Å²) in [5, 5.41) is 12.0. The molecule has 9 heteroatoms. The first-order valence-corrected chi connectivity index (χ1v) is 11.3. The molecule has 0 saturated carbocycles. The van der Waals surface area contributed by atoms with E-state index in [-0.39, 0.29) is 18.0 Å². The lowest BCUT2D eigenvalue weighted by atomic mass is 10.2. The second kappa shape index (κ2) is 9.33. The lowest BCUT2D eigenvalue weighted by Crippen LogP contribution is -2.30. The second-order valence-corrected chi connectivity index (χ2v) is 8.69. The van der Waals surface area contributed by atoms with Crippen LogP contribution in [0.1, 0.15) is 12.5 Å². The van der Waals surface area contributed by atoms with Gasteiger partial charge in [0, 0.05) is 30.2 Å². The van der Waals surface area contributed by atoms with Crippen LogP contribution in [-0.2, 0) is 11.3 Å². The Kier molecular flexibility index (Phi) is 5.95. The van der Waals surface area contributed by atoms with Crippen LogP contribution in [0.4, 0.5) is 0 Å². The summed E-state index contributed by atoms with van der Waals surface area (Å²) < 4.78 is 12.7. The van der Waals surface area contributed by atoms with Crippen molar-refractivity contribution in [1.82, 2.24) is 25.1 Å². The number of hydrogen-bond acceptors (Lipinski definition) is 7. The van der Waals surface area contributed by atoms with Crippen LogP contribution in [0.3, 0.4) is 0 Å². The normalized spacial score (nSPS) is 13.0. The minimum absolute atomic E-state index is 0.0943.